The van der Waals surface area contributed by atoms with Crippen molar-refractivity contribution in [3.8, 4) is 28.7 Å². The predicted molar refractivity (Wildman–Crippen MR) is 117 cm³/mol. The second-order valence-corrected chi connectivity index (χ2v) is 7.54. The van der Waals surface area contributed by atoms with Gasteiger partial charge in [-0.05, 0) is 12.1 Å². The summed E-state index contributed by atoms with van der Waals surface area (Å²) in [6.07, 6.45) is 0. The average molecular weight is 505 g/mol. The van der Waals surface area contributed by atoms with Crippen LogP contribution >= 0.6 is 0 Å². The smallest absolute Gasteiger partial charge is 0.203 e. The molecule has 1 unspecified atom stereocenters. The van der Waals surface area contributed by atoms with Crippen molar-refractivity contribution in [3.05, 3.63) is 36.4 Å². The summed E-state index contributed by atoms with van der Waals surface area (Å²) in [7, 11) is 6.40. The van der Waals surface area contributed by atoms with Crippen molar-refractivity contribution >= 4 is 5.69 Å². The highest BCUT2D eigenvalue weighted by Gasteiger charge is 2.30. The van der Waals surface area contributed by atoms with E-state index in [4.69, 9.17) is 23.7 Å². The number of quaternary nitrogens is 2. The molecule has 0 aliphatic carbocycles. The zero-order valence-corrected chi connectivity index (χ0v) is 21.0. The maximum atomic E-state index is 9.99. The minimum Gasteiger partial charge on any atom is -1.00 e. The Labute approximate surface area is 208 Å². The van der Waals surface area contributed by atoms with Gasteiger partial charge in [0.15, 0.2) is 11.5 Å². The van der Waals surface area contributed by atoms with Crippen LogP contribution in [0.5, 0.6) is 28.7 Å². The molecule has 0 amide bonds. The second-order valence-electron chi connectivity index (χ2n) is 7.54. The third kappa shape index (κ3) is 7.19. The van der Waals surface area contributed by atoms with Gasteiger partial charge in [0, 0.05) is 24.3 Å². The topological polar surface area (TPSA) is 75.3 Å². The van der Waals surface area contributed by atoms with Gasteiger partial charge in [0.25, 0.3) is 0 Å². The van der Waals surface area contributed by atoms with Crippen molar-refractivity contribution in [2.24, 2.45) is 0 Å². The summed E-state index contributed by atoms with van der Waals surface area (Å²) < 4.78 is 27.4. The number of rotatable bonds is 10. The summed E-state index contributed by atoms with van der Waals surface area (Å²) >= 11 is 0. The highest BCUT2D eigenvalue weighted by Crippen LogP contribution is 2.40. The van der Waals surface area contributed by atoms with Crippen LogP contribution in [0.15, 0.2) is 36.4 Å². The molecule has 3 N–H and O–H groups in total. The van der Waals surface area contributed by atoms with E-state index in [2.05, 4.69) is 12.1 Å². The average Bonchev–Trinajstić information content (AvgIpc) is 2.84. The van der Waals surface area contributed by atoms with Gasteiger partial charge in [-0.3, -0.25) is 4.90 Å². The molecule has 1 aliphatic heterocycles. The first-order chi connectivity index (χ1) is 15.1. The highest BCUT2D eigenvalue weighted by molar-refractivity contribution is 5.55. The first-order valence-corrected chi connectivity index (χ1v) is 10.5. The lowest BCUT2D eigenvalue weighted by atomic mass is 10.2. The van der Waals surface area contributed by atoms with Crippen molar-refractivity contribution in [3.63, 3.8) is 0 Å². The van der Waals surface area contributed by atoms with Gasteiger partial charge in [-0.1, -0.05) is 0 Å². The van der Waals surface area contributed by atoms with Crippen LogP contribution < -0.4 is 58.3 Å². The molecule has 33 heavy (non-hydrogen) atoms. The van der Waals surface area contributed by atoms with Crippen LogP contribution in [0.2, 0.25) is 0 Å². The van der Waals surface area contributed by atoms with E-state index in [1.165, 1.54) is 15.5 Å². The fourth-order valence-corrected chi connectivity index (χ4v) is 4.03. The summed E-state index contributed by atoms with van der Waals surface area (Å²) in [6, 6.07) is 11.8. The summed E-state index contributed by atoms with van der Waals surface area (Å²) in [5, 5.41) is 9.99. The Morgan fingerprint density at radius 3 is 1.82 bits per heavy atom. The molecule has 1 atom stereocenters. The Bertz CT molecular complexity index is 807. The number of benzene rings is 2. The zero-order chi connectivity index (χ0) is 22.2. The van der Waals surface area contributed by atoms with Crippen molar-refractivity contribution in [2.45, 2.75) is 6.04 Å². The van der Waals surface area contributed by atoms with Gasteiger partial charge in [0.05, 0.1) is 35.0 Å². The Hall–Kier alpha value is -2.10. The number of aliphatic hydroxyl groups is 1. The third-order valence-electron chi connectivity index (χ3n) is 5.88. The highest BCUT2D eigenvalue weighted by atomic mass is 35.5. The molecular formula is C23H34Cl2N2O6. The van der Waals surface area contributed by atoms with Crippen LogP contribution in [0.25, 0.3) is 0 Å². The van der Waals surface area contributed by atoms with Crippen molar-refractivity contribution in [1.29, 1.82) is 0 Å². The Morgan fingerprint density at radius 2 is 1.36 bits per heavy atom. The summed E-state index contributed by atoms with van der Waals surface area (Å²) in [6.45, 7) is 4.40. The van der Waals surface area contributed by atoms with E-state index in [-0.39, 0.29) is 37.5 Å². The van der Waals surface area contributed by atoms with E-state index in [0.29, 0.717) is 29.6 Å². The van der Waals surface area contributed by atoms with Crippen molar-refractivity contribution in [1.82, 2.24) is 0 Å². The van der Waals surface area contributed by atoms with Gasteiger partial charge >= 0.3 is 0 Å². The Kier molecular flexibility index (Phi) is 12.5. The quantitative estimate of drug-likeness (QED) is 0.299. The molecule has 1 saturated heterocycles. The second kappa shape index (κ2) is 14.2. The van der Waals surface area contributed by atoms with Crippen LogP contribution in [0.1, 0.15) is 0 Å². The Morgan fingerprint density at radius 1 is 0.788 bits per heavy atom. The number of hydrogen-bond acceptors (Lipinski definition) is 6. The number of piperazine rings is 1. The van der Waals surface area contributed by atoms with Crippen LogP contribution in [-0.4, -0.2) is 79.0 Å². The molecular weight excluding hydrogens is 471 g/mol. The number of aliphatic hydroxyl groups excluding tert-OH is 1. The van der Waals surface area contributed by atoms with E-state index in [9.17, 15) is 5.11 Å². The number of ether oxygens (including phenoxy) is 5. The van der Waals surface area contributed by atoms with Gasteiger partial charge < -0.3 is 58.5 Å². The summed E-state index contributed by atoms with van der Waals surface area (Å²) in [5.41, 5.74) is 1.27. The molecule has 3 rings (SSSR count). The lowest BCUT2D eigenvalue weighted by Crippen LogP contribution is -3.28. The molecule has 10 heteroatoms. The predicted octanol–water partition coefficient (Wildman–Crippen LogP) is -6.42. The monoisotopic (exact) mass is 504 g/mol. The molecule has 0 aromatic heterocycles. The first kappa shape index (κ1) is 28.9. The van der Waals surface area contributed by atoms with Crippen LogP contribution in [0, 0.1) is 0 Å². The molecule has 0 spiro atoms. The summed E-state index contributed by atoms with van der Waals surface area (Å²) in [5.74, 6) is 3.11. The van der Waals surface area contributed by atoms with Gasteiger partial charge in [-0.15, -0.1) is 0 Å². The first-order valence-electron chi connectivity index (χ1n) is 10.5. The molecule has 0 bridgehead atoms. The third-order valence-corrected chi connectivity index (χ3v) is 5.88. The molecule has 8 nitrogen and oxygen atoms in total. The summed E-state index contributed by atoms with van der Waals surface area (Å²) in [4.78, 5) is 2.81. The molecule has 2 aromatic carbocycles. The minimum atomic E-state index is -0.00323. The lowest BCUT2D eigenvalue weighted by Gasteiger charge is -2.33. The fourth-order valence-electron chi connectivity index (χ4n) is 4.03. The number of methoxy groups -OCH3 is 4. The van der Waals surface area contributed by atoms with Crippen LogP contribution in [0.4, 0.5) is 5.69 Å². The zero-order valence-electron chi connectivity index (χ0n) is 19.5. The largest absolute Gasteiger partial charge is 1.00 e. The minimum absolute atomic E-state index is 0. The van der Waals surface area contributed by atoms with Gasteiger partial charge in [0.1, 0.15) is 56.0 Å². The number of nitrogens with one attached hydrogen (secondary N) is 2. The van der Waals surface area contributed by atoms with E-state index in [1.807, 2.05) is 12.1 Å². The van der Waals surface area contributed by atoms with Crippen molar-refractivity contribution < 1.29 is 63.4 Å². The van der Waals surface area contributed by atoms with E-state index in [1.54, 1.807) is 40.6 Å². The van der Waals surface area contributed by atoms with E-state index in [0.717, 1.165) is 31.9 Å². The van der Waals surface area contributed by atoms with Gasteiger partial charge in [-0.25, -0.2) is 0 Å². The molecule has 0 saturated carbocycles. The van der Waals surface area contributed by atoms with Crippen LogP contribution in [0.3, 0.4) is 0 Å². The molecule has 1 aliphatic rings. The van der Waals surface area contributed by atoms with E-state index >= 15 is 0 Å². The van der Waals surface area contributed by atoms with Gasteiger partial charge in [-0.2, -0.15) is 0 Å². The molecule has 186 valence electrons. The molecule has 1 heterocycles. The molecule has 1 fully saturated rings. The maximum Gasteiger partial charge on any atom is 0.203 e. The molecule has 0 radical (unpaired) electrons. The number of halogens is 2. The standard InChI is InChI=1S/C23H32N2O6.2ClH/c1-27-19-7-5-17(6-8-19)24-9-11-25(12-10-24)18(15-26)16-31-20-13-21(28-2)23(30-4)22(14-20)29-3;;/h5-8,13-14,18,26H,9-12,15-16H2,1-4H3;2*1H. The fraction of sp³-hybridized carbons (Fsp3) is 0.478. The number of hydrogen-bond donors (Lipinski definition) is 3. The Balaban J connectivity index is 0.00000272. The SMILES string of the molecule is COc1ccc([NH+]2CC[NH+](C(CO)COc3cc(OC)c(OC)c(OC)c3)CC2)cc1.[Cl-].[Cl-]. The van der Waals surface area contributed by atoms with Gasteiger partial charge in [0.2, 0.25) is 5.75 Å². The van der Waals surface area contributed by atoms with E-state index < -0.39 is 0 Å². The normalized spacial score (nSPS) is 18.2. The maximum absolute atomic E-state index is 9.99. The molecule has 2 aromatic rings. The van der Waals surface area contributed by atoms with Crippen molar-refractivity contribution in [2.75, 3.05) is 67.8 Å². The lowest BCUT2D eigenvalue weighted by molar-refractivity contribution is -1.00. The van der Waals surface area contributed by atoms with Crippen LogP contribution in [-0.2, 0) is 0 Å².